The monoisotopic (exact) mass is 382 g/mol. The Bertz CT molecular complexity index is 812. The summed E-state index contributed by atoms with van der Waals surface area (Å²) in [6, 6.07) is 15.3. The van der Waals surface area contributed by atoms with Crippen molar-refractivity contribution in [3.63, 3.8) is 0 Å². The Morgan fingerprint density at radius 2 is 1.50 bits per heavy atom. The van der Waals surface area contributed by atoms with E-state index in [-0.39, 0.29) is 18.5 Å². The predicted molar refractivity (Wildman–Crippen MR) is 109 cm³/mol. The van der Waals surface area contributed by atoms with Crippen molar-refractivity contribution in [2.24, 2.45) is 0 Å². The molecule has 0 saturated carbocycles. The molecule has 0 aromatic heterocycles. The summed E-state index contributed by atoms with van der Waals surface area (Å²) in [7, 11) is 0. The molecule has 28 heavy (non-hydrogen) atoms. The number of esters is 2. The van der Waals surface area contributed by atoms with E-state index in [1.54, 1.807) is 13.0 Å². The van der Waals surface area contributed by atoms with Gasteiger partial charge < -0.3 is 14.2 Å². The van der Waals surface area contributed by atoms with Gasteiger partial charge in [-0.05, 0) is 62.6 Å². The summed E-state index contributed by atoms with van der Waals surface area (Å²) in [5.41, 5.74) is 2.46. The third kappa shape index (κ3) is 7.27. The second-order valence-corrected chi connectivity index (χ2v) is 7.11. The molecule has 0 N–H and O–H groups in total. The Morgan fingerprint density at radius 1 is 0.929 bits per heavy atom. The van der Waals surface area contributed by atoms with Crippen molar-refractivity contribution in [1.29, 1.82) is 0 Å². The molecule has 0 atom stereocenters. The van der Waals surface area contributed by atoms with Crippen LogP contribution < -0.4 is 4.74 Å². The van der Waals surface area contributed by atoms with E-state index in [4.69, 9.17) is 14.2 Å². The Kier molecular flexibility index (Phi) is 7.38. The SMILES string of the molecule is CCOC(=O)COc1ccc(-c2ccc(C=CC(=O)OC(C)(C)C)cc2)cc1. The van der Waals surface area contributed by atoms with Crippen LogP contribution in [0, 0.1) is 0 Å². The summed E-state index contributed by atoms with van der Waals surface area (Å²) in [5.74, 6) is -0.148. The van der Waals surface area contributed by atoms with Crippen LogP contribution in [-0.4, -0.2) is 30.8 Å². The maximum atomic E-state index is 11.7. The molecule has 0 unspecified atom stereocenters. The summed E-state index contributed by atoms with van der Waals surface area (Å²) < 4.78 is 15.5. The third-order valence-corrected chi connectivity index (χ3v) is 3.58. The highest BCUT2D eigenvalue weighted by Crippen LogP contribution is 2.23. The maximum absolute atomic E-state index is 11.7. The molecule has 0 aliphatic carbocycles. The largest absolute Gasteiger partial charge is 0.482 e. The molecular formula is C23H26O5. The number of benzene rings is 2. The van der Waals surface area contributed by atoms with Crippen LogP contribution in [0.5, 0.6) is 5.75 Å². The smallest absolute Gasteiger partial charge is 0.344 e. The van der Waals surface area contributed by atoms with Crippen LogP contribution in [0.2, 0.25) is 0 Å². The normalized spacial score (nSPS) is 11.3. The predicted octanol–water partition coefficient (Wildman–Crippen LogP) is 4.65. The van der Waals surface area contributed by atoms with E-state index in [0.717, 1.165) is 16.7 Å². The van der Waals surface area contributed by atoms with Crippen molar-refractivity contribution >= 4 is 18.0 Å². The molecule has 0 bridgehead atoms. The summed E-state index contributed by atoms with van der Waals surface area (Å²) in [6.45, 7) is 7.49. The molecule has 0 fully saturated rings. The van der Waals surface area contributed by atoms with Crippen molar-refractivity contribution in [2.75, 3.05) is 13.2 Å². The van der Waals surface area contributed by atoms with Gasteiger partial charge in [-0.3, -0.25) is 0 Å². The molecule has 2 rings (SSSR count). The minimum Gasteiger partial charge on any atom is -0.482 e. The first-order valence-electron chi connectivity index (χ1n) is 9.17. The summed E-state index contributed by atoms with van der Waals surface area (Å²) in [4.78, 5) is 23.1. The zero-order valence-electron chi connectivity index (χ0n) is 16.7. The van der Waals surface area contributed by atoms with Gasteiger partial charge in [0, 0.05) is 6.08 Å². The summed E-state index contributed by atoms with van der Waals surface area (Å²) in [6.07, 6.45) is 3.15. The van der Waals surface area contributed by atoms with Gasteiger partial charge in [0.15, 0.2) is 6.61 Å². The third-order valence-electron chi connectivity index (χ3n) is 3.58. The fourth-order valence-corrected chi connectivity index (χ4v) is 2.38. The van der Waals surface area contributed by atoms with Crippen molar-refractivity contribution in [2.45, 2.75) is 33.3 Å². The highest BCUT2D eigenvalue weighted by molar-refractivity contribution is 5.87. The van der Waals surface area contributed by atoms with E-state index in [0.29, 0.717) is 12.4 Å². The molecule has 5 nitrogen and oxygen atoms in total. The first kappa shape index (κ1) is 21.2. The maximum Gasteiger partial charge on any atom is 0.344 e. The van der Waals surface area contributed by atoms with Crippen molar-refractivity contribution < 1.29 is 23.8 Å². The van der Waals surface area contributed by atoms with Crippen LogP contribution in [0.15, 0.2) is 54.6 Å². The zero-order chi connectivity index (χ0) is 20.6. The van der Waals surface area contributed by atoms with Gasteiger partial charge in [-0.2, -0.15) is 0 Å². The van der Waals surface area contributed by atoms with Crippen LogP contribution in [-0.2, 0) is 19.1 Å². The van der Waals surface area contributed by atoms with Gasteiger partial charge in [-0.1, -0.05) is 36.4 Å². The lowest BCUT2D eigenvalue weighted by molar-refractivity contribution is -0.148. The van der Waals surface area contributed by atoms with Gasteiger partial charge in [0.25, 0.3) is 0 Å². The number of hydrogen-bond donors (Lipinski definition) is 0. The van der Waals surface area contributed by atoms with Crippen LogP contribution >= 0.6 is 0 Å². The molecule has 148 valence electrons. The molecule has 0 saturated heterocycles. The number of carbonyl (C=O) groups is 2. The molecular weight excluding hydrogens is 356 g/mol. The van der Waals surface area contributed by atoms with Crippen LogP contribution in [0.25, 0.3) is 17.2 Å². The van der Waals surface area contributed by atoms with E-state index in [1.807, 2.05) is 69.3 Å². The second-order valence-electron chi connectivity index (χ2n) is 7.11. The van der Waals surface area contributed by atoms with Crippen LogP contribution in [0.1, 0.15) is 33.3 Å². The van der Waals surface area contributed by atoms with E-state index < -0.39 is 5.60 Å². The highest BCUT2D eigenvalue weighted by atomic mass is 16.6. The lowest BCUT2D eigenvalue weighted by Crippen LogP contribution is -2.22. The number of ether oxygens (including phenoxy) is 3. The number of rotatable bonds is 7. The molecule has 0 radical (unpaired) electrons. The van der Waals surface area contributed by atoms with Gasteiger partial charge in [0.2, 0.25) is 0 Å². The molecule has 0 aliphatic rings. The van der Waals surface area contributed by atoms with Crippen molar-refractivity contribution in [1.82, 2.24) is 0 Å². The Labute approximate surface area is 165 Å². The molecule has 0 aliphatic heterocycles. The average Bonchev–Trinajstić information content (AvgIpc) is 2.64. The van der Waals surface area contributed by atoms with Crippen LogP contribution in [0.3, 0.4) is 0 Å². The van der Waals surface area contributed by atoms with E-state index >= 15 is 0 Å². The van der Waals surface area contributed by atoms with Gasteiger partial charge in [0.1, 0.15) is 11.4 Å². The van der Waals surface area contributed by atoms with Crippen molar-refractivity contribution in [3.05, 3.63) is 60.2 Å². The van der Waals surface area contributed by atoms with E-state index in [9.17, 15) is 9.59 Å². The fourth-order valence-electron chi connectivity index (χ4n) is 2.38. The first-order valence-corrected chi connectivity index (χ1v) is 9.17. The summed E-state index contributed by atoms with van der Waals surface area (Å²) >= 11 is 0. The average molecular weight is 382 g/mol. The molecule has 5 heteroatoms. The number of hydrogen-bond acceptors (Lipinski definition) is 5. The van der Waals surface area contributed by atoms with Gasteiger partial charge in [0.05, 0.1) is 6.61 Å². The highest BCUT2D eigenvalue weighted by Gasteiger charge is 2.13. The lowest BCUT2D eigenvalue weighted by atomic mass is 10.0. The molecule has 2 aromatic rings. The Balaban J connectivity index is 1.95. The molecule has 0 spiro atoms. The molecule has 0 amide bonds. The minimum absolute atomic E-state index is 0.105. The molecule has 2 aromatic carbocycles. The van der Waals surface area contributed by atoms with E-state index in [1.165, 1.54) is 6.08 Å². The van der Waals surface area contributed by atoms with Gasteiger partial charge in [-0.25, -0.2) is 9.59 Å². The zero-order valence-corrected chi connectivity index (χ0v) is 16.7. The van der Waals surface area contributed by atoms with Gasteiger partial charge >= 0.3 is 11.9 Å². The van der Waals surface area contributed by atoms with Crippen LogP contribution in [0.4, 0.5) is 0 Å². The quantitative estimate of drug-likeness (QED) is 0.515. The Morgan fingerprint density at radius 3 is 2.04 bits per heavy atom. The minimum atomic E-state index is -0.503. The summed E-state index contributed by atoms with van der Waals surface area (Å²) in [5, 5.41) is 0. The first-order chi connectivity index (χ1) is 13.3. The topological polar surface area (TPSA) is 61.8 Å². The Hall–Kier alpha value is -3.08. The lowest BCUT2D eigenvalue weighted by Gasteiger charge is -2.17. The van der Waals surface area contributed by atoms with Gasteiger partial charge in [-0.15, -0.1) is 0 Å². The standard InChI is InChI=1S/C23H26O5/c1-5-26-22(25)16-27-20-13-11-19(12-14-20)18-9-6-17(7-10-18)8-15-21(24)28-23(2,3)4/h6-15H,5,16H2,1-4H3. The van der Waals surface area contributed by atoms with Crippen molar-refractivity contribution in [3.8, 4) is 16.9 Å². The number of carbonyl (C=O) groups excluding carboxylic acids is 2. The fraction of sp³-hybridized carbons (Fsp3) is 0.304. The molecule has 0 heterocycles. The van der Waals surface area contributed by atoms with E-state index in [2.05, 4.69) is 0 Å². The second kappa shape index (κ2) is 9.74.